The highest BCUT2D eigenvalue weighted by molar-refractivity contribution is 7.62. The number of benzene rings is 3. The van der Waals surface area contributed by atoms with E-state index in [-0.39, 0.29) is 0 Å². The summed E-state index contributed by atoms with van der Waals surface area (Å²) < 4.78 is 23.5. The summed E-state index contributed by atoms with van der Waals surface area (Å²) in [7, 11) is -0.775. The molecule has 0 bridgehead atoms. The third kappa shape index (κ3) is 2.69. The smallest absolute Gasteiger partial charge is 0.309 e. The SMILES string of the molecule is COP(=O)(OC)c1ccc2ccccc2c1-c1ccccc1C=O. The Morgan fingerprint density at radius 1 is 0.875 bits per heavy atom. The lowest BCUT2D eigenvalue weighted by Crippen LogP contribution is -2.12. The van der Waals surface area contributed by atoms with Gasteiger partial charge in [0.15, 0.2) is 6.29 Å². The zero-order valence-corrected chi connectivity index (χ0v) is 14.3. The van der Waals surface area contributed by atoms with Crippen LogP contribution in [-0.4, -0.2) is 20.5 Å². The zero-order chi connectivity index (χ0) is 17.2. The largest absolute Gasteiger partial charge is 0.361 e. The minimum absolute atomic E-state index is 0.445. The molecule has 0 aliphatic heterocycles. The topological polar surface area (TPSA) is 52.6 Å². The molecule has 0 fully saturated rings. The lowest BCUT2D eigenvalue weighted by molar-refractivity contribution is 0.112. The Kier molecular flexibility index (Phi) is 4.63. The summed E-state index contributed by atoms with van der Waals surface area (Å²) in [5.74, 6) is 0. The zero-order valence-electron chi connectivity index (χ0n) is 13.4. The number of aldehydes is 1. The highest BCUT2D eigenvalue weighted by Gasteiger charge is 2.30. The molecule has 0 N–H and O–H groups in total. The molecule has 0 aliphatic rings. The Balaban J connectivity index is 2.47. The molecule has 0 saturated carbocycles. The van der Waals surface area contributed by atoms with E-state index < -0.39 is 7.60 Å². The van der Waals surface area contributed by atoms with E-state index in [0.29, 0.717) is 22.0 Å². The molecular weight excluding hydrogens is 323 g/mol. The van der Waals surface area contributed by atoms with Crippen molar-refractivity contribution in [1.29, 1.82) is 0 Å². The molecule has 3 rings (SSSR count). The first kappa shape index (κ1) is 16.6. The van der Waals surface area contributed by atoms with Gasteiger partial charge in [0, 0.05) is 25.3 Å². The molecule has 4 nitrogen and oxygen atoms in total. The molecule has 0 spiro atoms. The first-order chi connectivity index (χ1) is 11.6. The fraction of sp³-hybridized carbons (Fsp3) is 0.105. The van der Waals surface area contributed by atoms with Crippen LogP contribution in [0.4, 0.5) is 0 Å². The standard InChI is InChI=1S/C19H17O4P/c1-22-24(21,23-2)18-12-11-14-7-3-5-9-16(14)19(18)17-10-6-4-8-15(17)13-20/h3-13H,1-2H3. The third-order valence-electron chi connectivity index (χ3n) is 4.04. The summed E-state index contributed by atoms with van der Waals surface area (Å²) in [6.45, 7) is 0. The molecule has 24 heavy (non-hydrogen) atoms. The third-order valence-corrected chi connectivity index (χ3v) is 5.96. The first-order valence-electron chi connectivity index (χ1n) is 7.43. The molecule has 0 amide bonds. The van der Waals surface area contributed by atoms with Gasteiger partial charge in [0.2, 0.25) is 0 Å². The Labute approximate surface area is 140 Å². The van der Waals surface area contributed by atoms with Crippen molar-refractivity contribution in [3.05, 3.63) is 66.2 Å². The maximum atomic E-state index is 13.1. The lowest BCUT2D eigenvalue weighted by atomic mass is 9.95. The second-order valence-electron chi connectivity index (χ2n) is 5.25. The van der Waals surface area contributed by atoms with Gasteiger partial charge in [-0.15, -0.1) is 0 Å². The van der Waals surface area contributed by atoms with Gasteiger partial charge in [-0.05, 0) is 22.4 Å². The van der Waals surface area contributed by atoms with E-state index in [1.807, 2.05) is 42.5 Å². The summed E-state index contributed by atoms with van der Waals surface area (Å²) >= 11 is 0. The van der Waals surface area contributed by atoms with E-state index in [1.165, 1.54) is 14.2 Å². The van der Waals surface area contributed by atoms with Gasteiger partial charge in [0.25, 0.3) is 0 Å². The van der Waals surface area contributed by atoms with Crippen LogP contribution >= 0.6 is 7.60 Å². The molecule has 5 heteroatoms. The molecule has 3 aromatic carbocycles. The molecule has 0 saturated heterocycles. The van der Waals surface area contributed by atoms with Crippen molar-refractivity contribution in [3.63, 3.8) is 0 Å². The molecule has 0 aromatic heterocycles. The summed E-state index contributed by atoms with van der Waals surface area (Å²) in [4.78, 5) is 11.5. The van der Waals surface area contributed by atoms with Crippen LogP contribution in [0.3, 0.4) is 0 Å². The molecule has 0 atom stereocenters. The number of rotatable bonds is 5. The van der Waals surface area contributed by atoms with Crippen LogP contribution in [0, 0.1) is 0 Å². The van der Waals surface area contributed by atoms with Gasteiger partial charge in [0.05, 0.1) is 5.30 Å². The maximum Gasteiger partial charge on any atom is 0.361 e. The monoisotopic (exact) mass is 340 g/mol. The summed E-state index contributed by atoms with van der Waals surface area (Å²) in [6.07, 6.45) is 0.797. The van der Waals surface area contributed by atoms with Gasteiger partial charge < -0.3 is 9.05 Å². The van der Waals surface area contributed by atoms with Crippen molar-refractivity contribution in [2.75, 3.05) is 14.2 Å². The predicted molar refractivity (Wildman–Crippen MR) is 96.0 cm³/mol. The van der Waals surface area contributed by atoms with E-state index >= 15 is 0 Å². The Bertz CT molecular complexity index is 941. The highest BCUT2D eigenvalue weighted by atomic mass is 31.2. The van der Waals surface area contributed by atoms with Crippen molar-refractivity contribution in [1.82, 2.24) is 0 Å². The van der Waals surface area contributed by atoms with Crippen LogP contribution in [-0.2, 0) is 13.6 Å². The van der Waals surface area contributed by atoms with Gasteiger partial charge in [-0.3, -0.25) is 9.36 Å². The fourth-order valence-electron chi connectivity index (χ4n) is 2.87. The van der Waals surface area contributed by atoms with Crippen molar-refractivity contribution in [2.45, 2.75) is 0 Å². The molecule has 0 radical (unpaired) electrons. The Hall–Kier alpha value is -2.26. The number of hydrogen-bond acceptors (Lipinski definition) is 4. The number of hydrogen-bond donors (Lipinski definition) is 0. The second kappa shape index (κ2) is 6.70. The molecule has 0 heterocycles. The van der Waals surface area contributed by atoms with Crippen LogP contribution in [0.2, 0.25) is 0 Å². The normalized spacial score (nSPS) is 11.6. The van der Waals surface area contributed by atoms with Crippen molar-refractivity contribution in [3.8, 4) is 11.1 Å². The fourth-order valence-corrected chi connectivity index (χ4v) is 4.18. The Morgan fingerprint density at radius 3 is 2.25 bits per heavy atom. The molecular formula is C19H17O4P. The summed E-state index contributed by atoms with van der Waals surface area (Å²) in [5, 5.41) is 2.31. The second-order valence-corrected chi connectivity index (χ2v) is 7.46. The van der Waals surface area contributed by atoms with Crippen molar-refractivity contribution >= 4 is 30.0 Å². The highest BCUT2D eigenvalue weighted by Crippen LogP contribution is 2.49. The quantitative estimate of drug-likeness (QED) is 0.509. The van der Waals surface area contributed by atoms with E-state index in [1.54, 1.807) is 18.2 Å². The van der Waals surface area contributed by atoms with Gasteiger partial charge in [-0.2, -0.15) is 0 Å². The minimum atomic E-state index is -3.49. The number of carbonyl (C=O) groups excluding carboxylic acids is 1. The van der Waals surface area contributed by atoms with E-state index in [0.717, 1.165) is 17.1 Å². The maximum absolute atomic E-state index is 13.1. The first-order valence-corrected chi connectivity index (χ1v) is 8.97. The van der Waals surface area contributed by atoms with Gasteiger partial charge >= 0.3 is 7.60 Å². The summed E-state index contributed by atoms with van der Waals surface area (Å²) in [5.41, 5.74) is 1.92. The van der Waals surface area contributed by atoms with E-state index in [9.17, 15) is 9.36 Å². The van der Waals surface area contributed by atoms with E-state index in [2.05, 4.69) is 0 Å². The number of fused-ring (bicyclic) bond motifs is 1. The van der Waals surface area contributed by atoms with E-state index in [4.69, 9.17) is 9.05 Å². The van der Waals surface area contributed by atoms with Gasteiger partial charge in [0.1, 0.15) is 0 Å². The molecule has 0 aliphatic carbocycles. The molecule has 3 aromatic rings. The number of carbonyl (C=O) groups is 1. The van der Waals surface area contributed by atoms with Crippen LogP contribution in [0.15, 0.2) is 60.7 Å². The summed E-state index contributed by atoms with van der Waals surface area (Å²) in [6, 6.07) is 18.6. The van der Waals surface area contributed by atoms with Crippen molar-refractivity contribution in [2.24, 2.45) is 0 Å². The van der Waals surface area contributed by atoms with Gasteiger partial charge in [-0.1, -0.05) is 54.6 Å². The predicted octanol–water partition coefficient (Wildman–Crippen LogP) is 4.43. The van der Waals surface area contributed by atoms with Crippen LogP contribution < -0.4 is 5.30 Å². The van der Waals surface area contributed by atoms with Crippen LogP contribution in [0.25, 0.3) is 21.9 Å². The lowest BCUT2D eigenvalue weighted by Gasteiger charge is -2.20. The van der Waals surface area contributed by atoms with Crippen LogP contribution in [0.5, 0.6) is 0 Å². The Morgan fingerprint density at radius 2 is 1.54 bits per heavy atom. The average Bonchev–Trinajstić information content (AvgIpc) is 2.66. The minimum Gasteiger partial charge on any atom is -0.309 e. The molecule has 0 unspecified atom stereocenters. The van der Waals surface area contributed by atoms with Crippen LogP contribution in [0.1, 0.15) is 10.4 Å². The van der Waals surface area contributed by atoms with Gasteiger partial charge in [-0.25, -0.2) is 0 Å². The van der Waals surface area contributed by atoms with Crippen molar-refractivity contribution < 1.29 is 18.4 Å². The average molecular weight is 340 g/mol. The molecule has 122 valence electrons.